The fourth-order valence-corrected chi connectivity index (χ4v) is 3.17. The molecule has 23 heavy (non-hydrogen) atoms. The first-order valence-corrected chi connectivity index (χ1v) is 7.77. The number of pyridine rings is 1. The molecule has 0 spiro atoms. The van der Waals surface area contributed by atoms with Crippen LogP contribution in [-0.4, -0.2) is 25.3 Å². The fourth-order valence-electron chi connectivity index (χ4n) is 3.17. The van der Waals surface area contributed by atoms with E-state index in [0.717, 1.165) is 50.9 Å². The van der Waals surface area contributed by atoms with Crippen molar-refractivity contribution < 1.29 is 5.11 Å². The van der Waals surface area contributed by atoms with E-state index in [2.05, 4.69) is 27.1 Å². The van der Waals surface area contributed by atoms with Crippen molar-refractivity contribution in [3.05, 3.63) is 47.3 Å². The van der Waals surface area contributed by atoms with Crippen molar-refractivity contribution in [2.75, 3.05) is 0 Å². The molecule has 3 N–H and O–H groups in total. The van der Waals surface area contributed by atoms with Crippen LogP contribution in [0.25, 0.3) is 33.2 Å². The Bertz CT molecular complexity index is 995. The van der Waals surface area contributed by atoms with E-state index in [9.17, 15) is 5.11 Å². The maximum absolute atomic E-state index is 9.20. The first-order chi connectivity index (χ1) is 11.2. The highest BCUT2D eigenvalue weighted by atomic mass is 16.3. The Labute approximate surface area is 133 Å². The first kappa shape index (κ1) is 14.0. The number of aromatic amines is 2. The normalized spacial score (nSPS) is 11.6. The third-order valence-electron chi connectivity index (χ3n) is 4.39. The molecule has 0 radical (unpaired) electrons. The van der Waals surface area contributed by atoms with Crippen LogP contribution in [0, 0.1) is 6.92 Å². The van der Waals surface area contributed by atoms with Gasteiger partial charge < -0.3 is 5.11 Å². The lowest BCUT2D eigenvalue weighted by Gasteiger charge is -2.04. The summed E-state index contributed by atoms with van der Waals surface area (Å²) in [5.41, 5.74) is 6.99. The molecule has 3 heterocycles. The Balaban J connectivity index is 2.01. The van der Waals surface area contributed by atoms with Gasteiger partial charge in [0.25, 0.3) is 0 Å². The molecular formula is C18H18N4O. The first-order valence-electron chi connectivity index (χ1n) is 7.77. The number of hydrogen-bond donors (Lipinski definition) is 3. The van der Waals surface area contributed by atoms with E-state index < -0.39 is 0 Å². The number of aromatic nitrogens is 4. The molecule has 0 fully saturated rings. The van der Waals surface area contributed by atoms with Crippen molar-refractivity contribution in [1.82, 2.24) is 20.2 Å². The molecule has 116 valence electrons. The second-order valence-corrected chi connectivity index (χ2v) is 5.76. The number of aliphatic hydroxyl groups is 1. The van der Waals surface area contributed by atoms with E-state index in [4.69, 9.17) is 0 Å². The third kappa shape index (κ3) is 2.04. The number of fused-ring (bicyclic) bond motifs is 3. The van der Waals surface area contributed by atoms with Crippen LogP contribution in [0.5, 0.6) is 0 Å². The van der Waals surface area contributed by atoms with Crippen LogP contribution >= 0.6 is 0 Å². The highest BCUT2D eigenvalue weighted by molar-refractivity contribution is 6.09. The molecule has 4 aromatic rings. The van der Waals surface area contributed by atoms with Crippen LogP contribution in [-0.2, 0) is 13.0 Å². The zero-order valence-electron chi connectivity index (χ0n) is 13.1. The monoisotopic (exact) mass is 306 g/mol. The van der Waals surface area contributed by atoms with Crippen LogP contribution in [0.4, 0.5) is 0 Å². The molecular weight excluding hydrogens is 288 g/mol. The second kappa shape index (κ2) is 5.21. The zero-order chi connectivity index (χ0) is 16.0. The summed E-state index contributed by atoms with van der Waals surface area (Å²) in [5.74, 6) is 0. The van der Waals surface area contributed by atoms with Crippen molar-refractivity contribution >= 4 is 21.9 Å². The molecule has 0 bridgehead atoms. The minimum Gasteiger partial charge on any atom is -0.392 e. The lowest BCUT2D eigenvalue weighted by Crippen LogP contribution is -1.88. The van der Waals surface area contributed by atoms with Crippen LogP contribution in [0.2, 0.25) is 0 Å². The molecule has 0 saturated heterocycles. The SMILES string of the molecule is CCc1cnc2nc(C)c3c(-c4ccc(CO)cc4)[nH][nH]c3c12. The predicted molar refractivity (Wildman–Crippen MR) is 91.2 cm³/mol. The average molecular weight is 306 g/mol. The minimum absolute atomic E-state index is 0.0537. The topological polar surface area (TPSA) is 77.6 Å². The largest absolute Gasteiger partial charge is 0.392 e. The summed E-state index contributed by atoms with van der Waals surface area (Å²) in [4.78, 5) is 9.11. The van der Waals surface area contributed by atoms with E-state index in [1.165, 1.54) is 5.56 Å². The summed E-state index contributed by atoms with van der Waals surface area (Å²) in [6, 6.07) is 7.90. The standard InChI is InChI=1S/C18H18N4O/c1-3-12-8-19-18-15(12)17-14(10(2)20-18)16(21-22-17)13-6-4-11(9-23)5-7-13/h4-8,21-23H,3,9H2,1-2H3. The maximum Gasteiger partial charge on any atom is 0.161 e. The number of nitrogens with one attached hydrogen (secondary N) is 2. The summed E-state index contributed by atoms with van der Waals surface area (Å²) >= 11 is 0. The molecule has 3 aromatic heterocycles. The zero-order valence-corrected chi connectivity index (χ0v) is 13.1. The predicted octanol–water partition coefficient (Wildman–Crippen LogP) is 3.47. The average Bonchev–Trinajstić information content (AvgIpc) is 3.18. The van der Waals surface area contributed by atoms with Gasteiger partial charge >= 0.3 is 0 Å². The fraction of sp³-hybridized carbons (Fsp3) is 0.222. The summed E-state index contributed by atoms with van der Waals surface area (Å²) in [7, 11) is 0. The number of rotatable bonds is 3. The van der Waals surface area contributed by atoms with Crippen LogP contribution in [0.3, 0.4) is 0 Å². The molecule has 0 amide bonds. The number of nitrogens with zero attached hydrogens (tertiary/aromatic N) is 2. The lowest BCUT2D eigenvalue weighted by atomic mass is 10.0. The smallest absolute Gasteiger partial charge is 0.161 e. The molecule has 5 nitrogen and oxygen atoms in total. The van der Waals surface area contributed by atoms with E-state index in [1.54, 1.807) is 0 Å². The van der Waals surface area contributed by atoms with Crippen LogP contribution < -0.4 is 0 Å². The molecule has 0 aliphatic carbocycles. The molecule has 0 aliphatic heterocycles. The van der Waals surface area contributed by atoms with Crippen molar-refractivity contribution in [3.63, 3.8) is 0 Å². The lowest BCUT2D eigenvalue weighted by molar-refractivity contribution is 0.282. The van der Waals surface area contributed by atoms with Gasteiger partial charge in [-0.3, -0.25) is 10.2 Å². The van der Waals surface area contributed by atoms with Crippen molar-refractivity contribution in [2.24, 2.45) is 0 Å². The van der Waals surface area contributed by atoms with Gasteiger partial charge in [0.05, 0.1) is 23.5 Å². The van der Waals surface area contributed by atoms with E-state index in [-0.39, 0.29) is 6.61 Å². The number of H-pyrrole nitrogens is 2. The maximum atomic E-state index is 9.20. The van der Waals surface area contributed by atoms with Crippen LogP contribution in [0.1, 0.15) is 23.7 Å². The van der Waals surface area contributed by atoms with E-state index >= 15 is 0 Å². The number of aryl methyl sites for hydroxylation is 2. The van der Waals surface area contributed by atoms with E-state index in [0.29, 0.717) is 0 Å². The van der Waals surface area contributed by atoms with Gasteiger partial charge in [0.15, 0.2) is 5.65 Å². The van der Waals surface area contributed by atoms with Gasteiger partial charge in [-0.2, -0.15) is 0 Å². The molecule has 0 unspecified atom stereocenters. The Morgan fingerprint density at radius 2 is 1.87 bits per heavy atom. The summed E-state index contributed by atoms with van der Waals surface area (Å²) in [5, 5.41) is 18.0. The van der Waals surface area contributed by atoms with Gasteiger partial charge in [-0.25, -0.2) is 9.97 Å². The molecule has 1 aromatic carbocycles. The Kier molecular flexibility index (Phi) is 3.16. The van der Waals surface area contributed by atoms with E-state index in [1.807, 2.05) is 37.4 Å². The summed E-state index contributed by atoms with van der Waals surface area (Å²) in [6.07, 6.45) is 2.84. The molecule has 0 atom stereocenters. The quantitative estimate of drug-likeness (QED) is 0.542. The van der Waals surface area contributed by atoms with Crippen molar-refractivity contribution in [3.8, 4) is 11.3 Å². The van der Waals surface area contributed by atoms with Gasteiger partial charge in [-0.05, 0) is 24.5 Å². The Morgan fingerprint density at radius 3 is 2.57 bits per heavy atom. The highest BCUT2D eigenvalue weighted by Gasteiger charge is 2.16. The highest BCUT2D eigenvalue weighted by Crippen LogP contribution is 2.33. The number of benzene rings is 1. The minimum atomic E-state index is 0.0537. The summed E-state index contributed by atoms with van der Waals surface area (Å²) < 4.78 is 0. The number of aliphatic hydroxyl groups excluding tert-OH is 1. The molecule has 5 heteroatoms. The van der Waals surface area contributed by atoms with Gasteiger partial charge in [-0.15, -0.1) is 0 Å². The Hall–Kier alpha value is -2.66. The van der Waals surface area contributed by atoms with Gasteiger partial charge in [-0.1, -0.05) is 31.2 Å². The summed E-state index contributed by atoms with van der Waals surface area (Å²) in [6.45, 7) is 4.19. The van der Waals surface area contributed by atoms with Gasteiger partial charge in [0, 0.05) is 22.5 Å². The second-order valence-electron chi connectivity index (χ2n) is 5.76. The van der Waals surface area contributed by atoms with Gasteiger partial charge in [0.1, 0.15) is 0 Å². The van der Waals surface area contributed by atoms with Gasteiger partial charge in [0.2, 0.25) is 0 Å². The third-order valence-corrected chi connectivity index (χ3v) is 4.39. The number of hydrogen-bond acceptors (Lipinski definition) is 3. The molecule has 0 aliphatic rings. The molecule has 0 saturated carbocycles. The van der Waals surface area contributed by atoms with Crippen LogP contribution in [0.15, 0.2) is 30.5 Å². The molecule has 4 rings (SSSR count). The Morgan fingerprint density at radius 1 is 1.09 bits per heavy atom. The van der Waals surface area contributed by atoms with Crippen molar-refractivity contribution in [1.29, 1.82) is 0 Å². The van der Waals surface area contributed by atoms with Crippen molar-refractivity contribution in [2.45, 2.75) is 26.9 Å².